The lowest BCUT2D eigenvalue weighted by Crippen LogP contribution is -2.24. The predicted octanol–water partition coefficient (Wildman–Crippen LogP) is 6.36. The normalized spacial score (nSPS) is 13.4. The lowest BCUT2D eigenvalue weighted by molar-refractivity contribution is 0.284. The number of hydrogen-bond donors (Lipinski definition) is 0. The van der Waals surface area contributed by atoms with E-state index < -0.39 is 6.07 Å². The van der Waals surface area contributed by atoms with Crippen LogP contribution in [0.3, 0.4) is 0 Å². The van der Waals surface area contributed by atoms with E-state index in [2.05, 4.69) is 34.6 Å². The number of halogens is 2. The zero-order chi connectivity index (χ0) is 14.9. The number of benzene rings is 1. The second kappa shape index (κ2) is 5.68. The molecule has 0 aliphatic heterocycles. The highest BCUT2D eigenvalue weighted by molar-refractivity contribution is 8.05. The second-order valence-corrected chi connectivity index (χ2v) is 10.9. The van der Waals surface area contributed by atoms with Crippen molar-refractivity contribution < 1.29 is 9.09 Å². The van der Waals surface area contributed by atoms with Gasteiger partial charge in [-0.25, -0.2) is 4.57 Å². The maximum absolute atomic E-state index is 11.2. The minimum Gasteiger partial charge on any atom is -0.422 e. The summed E-state index contributed by atoms with van der Waals surface area (Å²) in [6, 6.07) is 7.42. The number of hydrogen-bond acceptors (Lipinski definition) is 2. The van der Waals surface area contributed by atoms with Crippen molar-refractivity contribution in [2.45, 2.75) is 46.5 Å². The highest BCUT2D eigenvalue weighted by Crippen LogP contribution is 2.57. The predicted molar refractivity (Wildman–Crippen MR) is 83.5 cm³/mol. The molecule has 0 N–H and O–H groups in total. The van der Waals surface area contributed by atoms with Crippen LogP contribution in [0.25, 0.3) is 0 Å². The Morgan fingerprint density at radius 1 is 1.05 bits per heavy atom. The molecule has 0 fully saturated rings. The molecule has 2 nitrogen and oxygen atoms in total. The molecule has 0 spiro atoms. The third-order valence-corrected chi connectivity index (χ3v) is 3.66. The molecular weight excluding hydrogens is 302 g/mol. The van der Waals surface area contributed by atoms with Gasteiger partial charge in [-0.2, -0.15) is 0 Å². The minimum absolute atomic E-state index is 0.0579. The van der Waals surface area contributed by atoms with Gasteiger partial charge in [0.15, 0.2) is 0 Å². The lowest BCUT2D eigenvalue weighted by atomic mass is 9.72. The summed E-state index contributed by atoms with van der Waals surface area (Å²) < 4.78 is 16.1. The van der Waals surface area contributed by atoms with Crippen LogP contribution in [0.15, 0.2) is 24.3 Å². The highest BCUT2D eigenvalue weighted by atomic mass is 35.9. The third kappa shape index (κ3) is 6.21. The smallest absolute Gasteiger partial charge is 0.422 e. The fraction of sp³-hybridized carbons (Fsp3) is 0.571. The summed E-state index contributed by atoms with van der Waals surface area (Å²) in [5, 5.41) is 0. The molecule has 0 radical (unpaired) electrons. The van der Waals surface area contributed by atoms with E-state index in [0.717, 1.165) is 6.42 Å². The van der Waals surface area contributed by atoms with Crippen molar-refractivity contribution in [3.63, 3.8) is 0 Å². The van der Waals surface area contributed by atoms with E-state index in [9.17, 15) is 4.57 Å². The molecule has 1 rings (SSSR count). The van der Waals surface area contributed by atoms with Crippen molar-refractivity contribution in [1.82, 2.24) is 0 Å². The molecule has 1 aromatic carbocycles. The topological polar surface area (TPSA) is 26.3 Å². The quantitative estimate of drug-likeness (QED) is 0.602. The molecule has 19 heavy (non-hydrogen) atoms. The fourth-order valence-corrected chi connectivity index (χ4v) is 3.36. The number of rotatable bonds is 4. The zero-order valence-corrected chi connectivity index (χ0v) is 14.4. The molecule has 5 heteroatoms. The van der Waals surface area contributed by atoms with Gasteiger partial charge in [-0.15, -0.1) is 0 Å². The third-order valence-electron chi connectivity index (χ3n) is 2.82. The van der Waals surface area contributed by atoms with Crippen LogP contribution in [0.1, 0.15) is 46.6 Å². The summed E-state index contributed by atoms with van der Waals surface area (Å²) in [7, 11) is 0. The maximum Gasteiger partial charge on any atom is 0.428 e. The van der Waals surface area contributed by atoms with E-state index in [1.54, 1.807) is 12.1 Å². The Morgan fingerprint density at radius 3 is 1.89 bits per heavy atom. The first-order valence-electron chi connectivity index (χ1n) is 6.19. The van der Waals surface area contributed by atoms with E-state index in [4.69, 9.17) is 27.0 Å². The van der Waals surface area contributed by atoms with Crippen LogP contribution in [-0.2, 0) is 9.98 Å². The van der Waals surface area contributed by atoms with Gasteiger partial charge in [0, 0.05) is 22.5 Å². The average molecular weight is 323 g/mol. The summed E-state index contributed by atoms with van der Waals surface area (Å²) in [4.78, 5) is 0. The summed E-state index contributed by atoms with van der Waals surface area (Å²) in [5.41, 5.74) is 1.51. The molecule has 0 aliphatic carbocycles. The summed E-state index contributed by atoms with van der Waals surface area (Å²) >= 11 is 10.8. The summed E-state index contributed by atoms with van der Waals surface area (Å²) in [6.45, 7) is 11.1. The molecule has 0 unspecified atom stereocenters. The molecule has 108 valence electrons. The summed E-state index contributed by atoms with van der Waals surface area (Å²) in [6.07, 6.45) is -2.47. The van der Waals surface area contributed by atoms with Crippen molar-refractivity contribution in [2.24, 2.45) is 5.41 Å². The molecule has 0 saturated heterocycles. The van der Waals surface area contributed by atoms with Crippen LogP contribution in [-0.4, -0.2) is 0 Å². The first-order valence-corrected chi connectivity index (χ1v) is 9.62. The Kier molecular flexibility index (Phi) is 5.04. The van der Waals surface area contributed by atoms with Crippen molar-refractivity contribution in [2.75, 3.05) is 0 Å². The highest BCUT2D eigenvalue weighted by Gasteiger charge is 2.27. The van der Waals surface area contributed by atoms with Crippen molar-refractivity contribution >= 4 is 28.6 Å². The molecule has 0 heterocycles. The van der Waals surface area contributed by atoms with Crippen LogP contribution in [0.4, 0.5) is 0 Å². The first-order chi connectivity index (χ1) is 8.39. The van der Waals surface area contributed by atoms with Gasteiger partial charge in [0.25, 0.3) is 0 Å². The van der Waals surface area contributed by atoms with Gasteiger partial charge in [0.2, 0.25) is 0 Å². The van der Waals surface area contributed by atoms with Crippen LogP contribution in [0.2, 0.25) is 0 Å². The average Bonchev–Trinajstić information content (AvgIpc) is 2.11. The lowest BCUT2D eigenvalue weighted by Gasteiger charge is -2.33. The Hall–Kier alpha value is -0.170. The molecule has 0 amide bonds. The Labute approximate surface area is 125 Å². The molecule has 0 bridgehead atoms. The zero-order valence-electron chi connectivity index (χ0n) is 12.0. The van der Waals surface area contributed by atoms with Gasteiger partial charge < -0.3 is 4.52 Å². The van der Waals surface area contributed by atoms with E-state index >= 15 is 0 Å². The van der Waals surface area contributed by atoms with Crippen LogP contribution < -0.4 is 4.52 Å². The maximum atomic E-state index is 11.2. The molecule has 0 aliphatic rings. The Balaban J connectivity index is 2.89. The van der Waals surface area contributed by atoms with Gasteiger partial charge in [-0.05, 0) is 34.9 Å². The fourth-order valence-electron chi connectivity index (χ4n) is 2.52. The Bertz CT molecular complexity index is 469. The Morgan fingerprint density at radius 2 is 1.53 bits per heavy atom. The SMILES string of the molecule is CC(C)(C)CC(C)(C)c1ccc(OP(=O)(Cl)Cl)cc1. The molecule has 0 saturated carbocycles. The van der Waals surface area contributed by atoms with E-state index in [1.807, 2.05) is 12.1 Å². The van der Waals surface area contributed by atoms with Gasteiger partial charge >= 0.3 is 6.07 Å². The van der Waals surface area contributed by atoms with E-state index in [-0.39, 0.29) is 10.8 Å². The van der Waals surface area contributed by atoms with Gasteiger partial charge in [-0.1, -0.05) is 46.8 Å². The first kappa shape index (κ1) is 16.9. The molecule has 0 atom stereocenters. The van der Waals surface area contributed by atoms with Gasteiger partial charge in [-0.3, -0.25) is 0 Å². The van der Waals surface area contributed by atoms with E-state index in [1.165, 1.54) is 5.56 Å². The second-order valence-electron chi connectivity index (χ2n) is 6.65. The standard InChI is InChI=1S/C14H21Cl2O2P/c1-13(2,3)10-14(4,5)11-6-8-12(9-7-11)18-19(15,16)17/h6-9H,10H2,1-5H3. The molecule has 0 aromatic heterocycles. The van der Waals surface area contributed by atoms with Crippen molar-refractivity contribution in [1.29, 1.82) is 0 Å². The molecule has 1 aromatic rings. The van der Waals surface area contributed by atoms with Crippen molar-refractivity contribution in [3.8, 4) is 5.75 Å². The van der Waals surface area contributed by atoms with Gasteiger partial charge in [0.05, 0.1) is 0 Å². The van der Waals surface area contributed by atoms with E-state index in [0.29, 0.717) is 5.75 Å². The molecular formula is C14H21Cl2O2P. The monoisotopic (exact) mass is 322 g/mol. The minimum atomic E-state index is -3.53. The van der Waals surface area contributed by atoms with Crippen LogP contribution in [0.5, 0.6) is 5.75 Å². The summed E-state index contributed by atoms with van der Waals surface area (Å²) in [5.74, 6) is 0.420. The van der Waals surface area contributed by atoms with Crippen LogP contribution in [0, 0.1) is 5.41 Å². The van der Waals surface area contributed by atoms with Crippen molar-refractivity contribution in [3.05, 3.63) is 29.8 Å². The van der Waals surface area contributed by atoms with Crippen LogP contribution >= 0.6 is 28.6 Å². The van der Waals surface area contributed by atoms with Gasteiger partial charge in [0.1, 0.15) is 5.75 Å². The largest absolute Gasteiger partial charge is 0.428 e.